The van der Waals surface area contributed by atoms with Crippen LogP contribution in [0.5, 0.6) is 0 Å². The number of pyridine rings is 1. The summed E-state index contributed by atoms with van der Waals surface area (Å²) in [5.41, 5.74) is 4.12. The quantitative estimate of drug-likeness (QED) is 0.382. The molecule has 5 rings (SSSR count). The average molecular weight is 523 g/mol. The molecule has 0 unspecified atom stereocenters. The van der Waals surface area contributed by atoms with Crippen LogP contribution in [-0.4, -0.2) is 68.1 Å². The Balaban J connectivity index is 1.61. The minimum absolute atomic E-state index is 0.632. The predicted octanol–water partition coefficient (Wildman–Crippen LogP) is 2.54. The molecular formula is C21H16AsBrN6O. The van der Waals surface area contributed by atoms with E-state index in [9.17, 15) is 0 Å². The second kappa shape index (κ2) is 8.38. The number of fused-ring (bicyclic) bond motifs is 1. The molecule has 0 amide bonds. The van der Waals surface area contributed by atoms with Crippen LogP contribution in [0.3, 0.4) is 0 Å². The van der Waals surface area contributed by atoms with Crippen molar-refractivity contribution in [2.45, 2.75) is 0 Å². The average Bonchev–Trinajstić information content (AvgIpc) is 2.79. The zero-order valence-corrected chi connectivity index (χ0v) is 19.3. The van der Waals surface area contributed by atoms with Crippen LogP contribution in [0.1, 0.15) is 0 Å². The number of morpholine rings is 1. The third kappa shape index (κ3) is 3.83. The molecule has 7 nitrogen and oxygen atoms in total. The van der Waals surface area contributed by atoms with E-state index in [0.717, 1.165) is 50.1 Å². The Labute approximate surface area is 190 Å². The van der Waals surface area contributed by atoms with Crippen molar-refractivity contribution in [2.24, 2.45) is 0 Å². The van der Waals surface area contributed by atoms with Gasteiger partial charge in [0.15, 0.2) is 0 Å². The molecule has 1 aliphatic rings. The molecule has 1 aliphatic heterocycles. The standard InChI is InChI=1S/C21H16AsBrN6O/c22-20-19-15(13-2-1-3-14(23)8-13)9-16(28-21(19)27-12-26-20)17-10-25-18(11-24-17)29-4-6-30-7-5-29/h1-3,8-12H,4-7H2. The van der Waals surface area contributed by atoms with E-state index in [4.69, 9.17) is 9.72 Å². The Morgan fingerprint density at radius 3 is 2.60 bits per heavy atom. The molecular weight excluding hydrogens is 507 g/mol. The van der Waals surface area contributed by atoms with Gasteiger partial charge in [-0.2, -0.15) is 0 Å². The number of ether oxygens (including phenoxy) is 1. The van der Waals surface area contributed by atoms with Gasteiger partial charge < -0.3 is 4.74 Å². The molecule has 0 spiro atoms. The second-order valence-electron chi connectivity index (χ2n) is 6.82. The van der Waals surface area contributed by atoms with E-state index in [0.29, 0.717) is 24.6 Å². The zero-order chi connectivity index (χ0) is 20.5. The Morgan fingerprint density at radius 2 is 1.83 bits per heavy atom. The minimum atomic E-state index is 0.632. The van der Waals surface area contributed by atoms with E-state index in [1.54, 1.807) is 12.4 Å². The van der Waals surface area contributed by atoms with Gasteiger partial charge in [-0.1, -0.05) is 0 Å². The molecule has 2 radical (unpaired) electrons. The fraction of sp³-hybridized carbons (Fsp3) is 0.190. The summed E-state index contributed by atoms with van der Waals surface area (Å²) in [4.78, 5) is 24.9. The third-order valence-corrected chi connectivity index (χ3v) is 6.16. The van der Waals surface area contributed by atoms with Crippen LogP contribution < -0.4 is 9.38 Å². The molecule has 1 fully saturated rings. The van der Waals surface area contributed by atoms with E-state index >= 15 is 0 Å². The second-order valence-corrected chi connectivity index (χ2v) is 8.62. The SMILES string of the molecule is [As]c1ncnc2nc(-c3cnc(N4CCOCC4)cn3)cc(-c3cccc(Br)c3)c12. The molecule has 3 aromatic heterocycles. The number of halogens is 1. The Kier molecular flexibility index (Phi) is 5.46. The maximum absolute atomic E-state index is 5.41. The first-order valence-electron chi connectivity index (χ1n) is 9.45. The molecule has 0 saturated carbocycles. The van der Waals surface area contributed by atoms with Crippen LogP contribution in [-0.2, 0) is 4.74 Å². The summed E-state index contributed by atoms with van der Waals surface area (Å²) in [5, 5.41) is 0.914. The molecule has 4 heterocycles. The summed E-state index contributed by atoms with van der Waals surface area (Å²) in [5.74, 6) is 0.852. The van der Waals surface area contributed by atoms with E-state index in [1.165, 1.54) is 6.33 Å². The molecule has 4 aromatic rings. The van der Waals surface area contributed by atoms with Crippen molar-refractivity contribution in [1.82, 2.24) is 24.9 Å². The molecule has 0 bridgehead atoms. The molecule has 0 atom stereocenters. The van der Waals surface area contributed by atoms with Gasteiger partial charge in [-0.05, 0) is 0 Å². The molecule has 30 heavy (non-hydrogen) atoms. The Morgan fingerprint density at radius 1 is 0.967 bits per heavy atom. The number of hydrogen-bond donors (Lipinski definition) is 0. The van der Waals surface area contributed by atoms with Crippen molar-refractivity contribution >= 4 is 54.1 Å². The van der Waals surface area contributed by atoms with Gasteiger partial charge in [0.2, 0.25) is 0 Å². The monoisotopic (exact) mass is 522 g/mol. The van der Waals surface area contributed by atoms with Gasteiger partial charge in [-0.25, -0.2) is 0 Å². The molecule has 0 N–H and O–H groups in total. The third-order valence-electron chi connectivity index (χ3n) is 4.96. The van der Waals surface area contributed by atoms with Crippen molar-refractivity contribution in [3.05, 3.63) is 53.5 Å². The van der Waals surface area contributed by atoms with Crippen LogP contribution in [0.2, 0.25) is 0 Å². The van der Waals surface area contributed by atoms with Gasteiger partial charge in [-0.3, -0.25) is 0 Å². The zero-order valence-electron chi connectivity index (χ0n) is 15.9. The number of benzene rings is 1. The molecule has 0 aliphatic carbocycles. The summed E-state index contributed by atoms with van der Waals surface area (Å²) in [6.07, 6.45) is 5.10. The van der Waals surface area contributed by atoms with Crippen LogP contribution >= 0.6 is 15.9 Å². The Hall–Kier alpha value is -2.41. The van der Waals surface area contributed by atoms with Crippen molar-refractivity contribution in [2.75, 3.05) is 31.2 Å². The van der Waals surface area contributed by atoms with Crippen LogP contribution in [0, 0.1) is 0 Å². The maximum atomic E-state index is 5.41. The van der Waals surface area contributed by atoms with Gasteiger partial charge in [0.1, 0.15) is 0 Å². The molecule has 9 heteroatoms. The van der Waals surface area contributed by atoms with Gasteiger partial charge in [0.05, 0.1) is 0 Å². The first kappa shape index (κ1) is 19.5. The molecule has 1 aromatic carbocycles. The van der Waals surface area contributed by atoms with E-state index in [-0.39, 0.29) is 0 Å². The van der Waals surface area contributed by atoms with Crippen LogP contribution in [0.4, 0.5) is 5.82 Å². The number of anilines is 1. The predicted molar refractivity (Wildman–Crippen MR) is 120 cm³/mol. The first-order valence-corrected chi connectivity index (χ1v) is 11.2. The summed E-state index contributed by atoms with van der Waals surface area (Å²) in [7, 11) is 0. The first-order chi connectivity index (χ1) is 14.7. The molecule has 148 valence electrons. The fourth-order valence-corrected chi connectivity index (χ4v) is 4.44. The van der Waals surface area contributed by atoms with E-state index in [2.05, 4.69) is 69.8 Å². The Bertz CT molecular complexity index is 1210. The van der Waals surface area contributed by atoms with E-state index < -0.39 is 0 Å². The number of aromatic nitrogens is 5. The topological polar surface area (TPSA) is 76.9 Å². The van der Waals surface area contributed by atoms with E-state index in [1.807, 2.05) is 18.2 Å². The van der Waals surface area contributed by atoms with Crippen LogP contribution in [0.15, 0.2) is 53.5 Å². The van der Waals surface area contributed by atoms with Gasteiger partial charge >= 0.3 is 186 Å². The normalized spacial score (nSPS) is 14.3. The van der Waals surface area contributed by atoms with Crippen LogP contribution in [0.25, 0.3) is 33.5 Å². The van der Waals surface area contributed by atoms with Gasteiger partial charge in [-0.15, -0.1) is 0 Å². The van der Waals surface area contributed by atoms with Crippen molar-refractivity contribution in [3.8, 4) is 22.5 Å². The van der Waals surface area contributed by atoms with Crippen molar-refractivity contribution in [3.63, 3.8) is 0 Å². The fourth-order valence-electron chi connectivity index (χ4n) is 3.47. The number of rotatable bonds is 3. The summed E-state index contributed by atoms with van der Waals surface area (Å²) < 4.78 is 7.25. The number of nitrogens with zero attached hydrogens (tertiary/aromatic N) is 6. The summed E-state index contributed by atoms with van der Waals surface area (Å²) >= 11 is 6.07. The van der Waals surface area contributed by atoms with Crippen molar-refractivity contribution in [1.29, 1.82) is 0 Å². The van der Waals surface area contributed by atoms with Crippen molar-refractivity contribution < 1.29 is 4.74 Å². The summed E-state index contributed by atoms with van der Waals surface area (Å²) in [6, 6.07) is 10.2. The molecule has 1 saturated heterocycles. The van der Waals surface area contributed by atoms with Gasteiger partial charge in [0.25, 0.3) is 0 Å². The van der Waals surface area contributed by atoms with Gasteiger partial charge in [0, 0.05) is 0 Å². The summed E-state index contributed by atoms with van der Waals surface area (Å²) in [6.45, 7) is 3.07. The number of hydrogen-bond acceptors (Lipinski definition) is 7.